The maximum Gasteiger partial charge on any atom is 0.407 e. The van der Waals surface area contributed by atoms with Crippen molar-refractivity contribution in [2.75, 3.05) is 6.54 Å². The zero-order valence-corrected chi connectivity index (χ0v) is 39.8. The highest BCUT2D eigenvalue weighted by atomic mass is 16.6. The number of aromatic amines is 1. The van der Waals surface area contributed by atoms with Crippen LogP contribution >= 0.6 is 0 Å². The number of ether oxygens (including phenoxy) is 3. The molecule has 18 heteroatoms. The average Bonchev–Trinajstić information content (AvgIpc) is 3.73. The van der Waals surface area contributed by atoms with E-state index in [4.69, 9.17) is 19.9 Å². The minimum absolute atomic E-state index is 0.0127. The third kappa shape index (κ3) is 21.6. The van der Waals surface area contributed by atoms with Crippen molar-refractivity contribution in [3.8, 4) is 0 Å². The fourth-order valence-corrected chi connectivity index (χ4v) is 6.44. The largest absolute Gasteiger partial charge is 0.460 e. The zero-order chi connectivity index (χ0) is 49.1. The van der Waals surface area contributed by atoms with Gasteiger partial charge in [0.25, 0.3) is 0 Å². The monoisotopic (exact) mass is 919 g/mol. The molecular weight excluding hydrogens is 849 g/mol. The third-order valence-corrected chi connectivity index (χ3v) is 9.45. The van der Waals surface area contributed by atoms with Gasteiger partial charge in [-0.25, -0.2) is 14.6 Å². The summed E-state index contributed by atoms with van der Waals surface area (Å²) < 4.78 is 16.4. The lowest BCUT2D eigenvalue weighted by atomic mass is 10.0. The molecule has 1 heterocycles. The molecule has 0 aliphatic rings. The van der Waals surface area contributed by atoms with E-state index in [0.29, 0.717) is 24.1 Å². The van der Waals surface area contributed by atoms with E-state index in [1.54, 1.807) is 92.6 Å². The Labute approximate surface area is 388 Å². The molecule has 3 aromatic rings. The number of H-pyrrole nitrogens is 1. The van der Waals surface area contributed by atoms with E-state index >= 15 is 0 Å². The van der Waals surface area contributed by atoms with Crippen LogP contribution in [0.3, 0.4) is 0 Å². The number of benzene rings is 2. The van der Waals surface area contributed by atoms with Gasteiger partial charge in [0, 0.05) is 44.1 Å². The summed E-state index contributed by atoms with van der Waals surface area (Å²) in [6, 6.07) is 11.9. The van der Waals surface area contributed by atoms with Gasteiger partial charge in [0.1, 0.15) is 41.0 Å². The first-order chi connectivity index (χ1) is 30.9. The van der Waals surface area contributed by atoms with Crippen molar-refractivity contribution < 1.29 is 47.8 Å². The molecule has 18 nitrogen and oxygen atoms in total. The van der Waals surface area contributed by atoms with E-state index in [1.165, 1.54) is 12.5 Å². The standard InChI is InChI=1S/C48H70N8O10/c1-46(2,3)64-39(57)24-23-34(49)40(58)54-37(28-33-29-50-30-52-33)43(61)55-36(26-31-18-12-10-13-19-31)42(60)53-35(22-16-17-25-51-45(63)66-48(7,8)9)41(59)56-38(44(62)65-47(4,5)6)27-32-20-14-11-15-21-32/h10-15,18-21,29-30,34-38H,16-17,22-28,49H2,1-9H3,(H,50,52)(H,51,63)(H,53,60)(H,54,58)(H,55,61)(H,56,59)/t34-,35+,36-,37-,38-/m0/s1. The molecule has 5 atom stereocenters. The molecule has 0 fully saturated rings. The van der Waals surface area contributed by atoms with Crippen LogP contribution in [0.5, 0.6) is 0 Å². The number of aromatic nitrogens is 2. The molecule has 66 heavy (non-hydrogen) atoms. The normalized spacial score (nSPS) is 14.0. The van der Waals surface area contributed by atoms with Crippen molar-refractivity contribution in [1.82, 2.24) is 36.6 Å². The van der Waals surface area contributed by atoms with Gasteiger partial charge in [0.2, 0.25) is 23.6 Å². The number of imidazole rings is 1. The number of nitrogens with one attached hydrogen (secondary N) is 6. The Balaban J connectivity index is 1.91. The summed E-state index contributed by atoms with van der Waals surface area (Å²) in [4.78, 5) is 102. The van der Waals surface area contributed by atoms with Crippen LogP contribution in [0.2, 0.25) is 0 Å². The SMILES string of the molecule is CC(C)(C)OC(=O)CC[C@H](N)C(=O)N[C@@H](Cc1cnc[nH]1)C(=O)N[C@@H](Cc1ccccc1)C(=O)N[C@H](CCCCNC(=O)OC(C)(C)C)C(=O)N[C@@H](Cc1ccccc1)C(=O)OC(C)(C)C. The van der Waals surface area contributed by atoms with Crippen molar-refractivity contribution >= 4 is 41.7 Å². The predicted molar refractivity (Wildman–Crippen MR) is 247 cm³/mol. The second kappa shape index (κ2) is 25.4. The average molecular weight is 919 g/mol. The maximum atomic E-state index is 14.5. The number of amides is 5. The summed E-state index contributed by atoms with van der Waals surface area (Å²) >= 11 is 0. The van der Waals surface area contributed by atoms with Gasteiger partial charge < -0.3 is 51.5 Å². The Morgan fingerprint density at radius 3 is 1.61 bits per heavy atom. The number of unbranched alkanes of at least 4 members (excludes halogenated alkanes) is 1. The van der Waals surface area contributed by atoms with Gasteiger partial charge in [-0.1, -0.05) is 60.7 Å². The fraction of sp³-hybridized carbons (Fsp3) is 0.542. The number of carbonyl (C=O) groups excluding carboxylic acids is 7. The van der Waals surface area contributed by atoms with Gasteiger partial charge in [-0.05, 0) is 99.1 Å². The number of nitrogens with two attached hydrogens (primary N) is 1. The van der Waals surface area contributed by atoms with Crippen LogP contribution in [0.25, 0.3) is 0 Å². The Hall–Kier alpha value is -6.30. The van der Waals surface area contributed by atoms with Crippen molar-refractivity contribution in [2.45, 2.75) is 161 Å². The smallest absolute Gasteiger partial charge is 0.407 e. The van der Waals surface area contributed by atoms with Crippen molar-refractivity contribution in [2.24, 2.45) is 5.73 Å². The number of nitrogens with zero attached hydrogens (tertiary/aromatic N) is 1. The number of esters is 2. The second-order valence-corrected chi connectivity index (χ2v) is 19.1. The van der Waals surface area contributed by atoms with E-state index in [1.807, 2.05) is 30.3 Å². The van der Waals surface area contributed by atoms with Gasteiger partial charge in [-0.2, -0.15) is 0 Å². The first kappa shape index (κ1) is 54.0. The van der Waals surface area contributed by atoms with E-state index in [0.717, 1.165) is 5.56 Å². The molecule has 0 saturated carbocycles. The van der Waals surface area contributed by atoms with E-state index in [9.17, 15) is 33.6 Å². The van der Waals surface area contributed by atoms with Crippen LogP contribution in [0.4, 0.5) is 4.79 Å². The van der Waals surface area contributed by atoms with Crippen molar-refractivity contribution in [3.63, 3.8) is 0 Å². The molecule has 1 aromatic heterocycles. The summed E-state index contributed by atoms with van der Waals surface area (Å²) in [6.45, 7) is 15.8. The lowest BCUT2D eigenvalue weighted by molar-refractivity contribution is -0.159. The summed E-state index contributed by atoms with van der Waals surface area (Å²) in [5, 5.41) is 13.8. The lowest BCUT2D eigenvalue weighted by Gasteiger charge is -2.28. The lowest BCUT2D eigenvalue weighted by Crippen LogP contribution is -2.59. The Kier molecular flexibility index (Phi) is 20.8. The summed E-state index contributed by atoms with van der Waals surface area (Å²) in [5.74, 6) is -4.06. The molecule has 0 saturated heterocycles. The number of rotatable bonds is 23. The maximum absolute atomic E-state index is 14.5. The highest BCUT2D eigenvalue weighted by Crippen LogP contribution is 2.15. The Morgan fingerprint density at radius 1 is 0.591 bits per heavy atom. The topological polar surface area (TPSA) is 262 Å². The predicted octanol–water partition coefficient (Wildman–Crippen LogP) is 3.86. The molecule has 0 spiro atoms. The van der Waals surface area contributed by atoms with E-state index in [2.05, 4.69) is 36.6 Å². The van der Waals surface area contributed by atoms with Crippen LogP contribution in [0.1, 0.15) is 111 Å². The number of hydrogen-bond donors (Lipinski definition) is 7. The van der Waals surface area contributed by atoms with Gasteiger partial charge in [0.05, 0.1) is 12.4 Å². The molecule has 2 aromatic carbocycles. The van der Waals surface area contributed by atoms with Crippen molar-refractivity contribution in [1.29, 1.82) is 0 Å². The first-order valence-electron chi connectivity index (χ1n) is 22.3. The number of carbonyl (C=O) groups is 7. The number of hydrogen-bond acceptors (Lipinski definition) is 12. The molecule has 0 radical (unpaired) electrons. The highest BCUT2D eigenvalue weighted by Gasteiger charge is 2.34. The van der Waals surface area contributed by atoms with E-state index in [-0.39, 0.29) is 45.1 Å². The quantitative estimate of drug-likeness (QED) is 0.0407. The van der Waals surface area contributed by atoms with Gasteiger partial charge in [-0.3, -0.25) is 24.0 Å². The fourth-order valence-electron chi connectivity index (χ4n) is 6.44. The minimum atomic E-state index is -1.28. The molecule has 0 aliphatic carbocycles. The number of alkyl carbamates (subject to hydrolysis) is 1. The summed E-state index contributed by atoms with van der Waals surface area (Å²) in [5.41, 5.74) is 5.82. The summed E-state index contributed by atoms with van der Waals surface area (Å²) in [7, 11) is 0. The second-order valence-electron chi connectivity index (χ2n) is 19.1. The zero-order valence-electron chi connectivity index (χ0n) is 39.8. The van der Waals surface area contributed by atoms with Crippen LogP contribution in [0.15, 0.2) is 73.2 Å². The Bertz CT molecular complexity index is 2030. The van der Waals surface area contributed by atoms with Gasteiger partial charge >= 0.3 is 18.0 Å². The molecule has 0 aliphatic heterocycles. The molecular formula is C48H70N8O10. The highest BCUT2D eigenvalue weighted by molar-refractivity contribution is 5.96. The van der Waals surface area contributed by atoms with Crippen molar-refractivity contribution in [3.05, 3.63) is 90.0 Å². The molecule has 0 bridgehead atoms. The first-order valence-corrected chi connectivity index (χ1v) is 22.3. The molecule has 362 valence electrons. The molecule has 8 N–H and O–H groups in total. The molecule has 0 unspecified atom stereocenters. The van der Waals surface area contributed by atoms with Crippen LogP contribution in [-0.4, -0.2) is 105 Å². The Morgan fingerprint density at radius 2 is 1.08 bits per heavy atom. The summed E-state index contributed by atoms with van der Waals surface area (Å²) in [6.07, 6.45) is 2.94. The van der Waals surface area contributed by atoms with E-state index < -0.39 is 88.7 Å². The van der Waals surface area contributed by atoms with Gasteiger partial charge in [-0.15, -0.1) is 0 Å². The van der Waals surface area contributed by atoms with Crippen LogP contribution < -0.4 is 32.3 Å². The minimum Gasteiger partial charge on any atom is -0.460 e. The van der Waals surface area contributed by atoms with Crippen LogP contribution in [0, 0.1) is 0 Å². The third-order valence-electron chi connectivity index (χ3n) is 9.45. The van der Waals surface area contributed by atoms with Crippen LogP contribution in [-0.2, 0) is 62.2 Å². The van der Waals surface area contributed by atoms with Gasteiger partial charge in [0.15, 0.2) is 0 Å². The molecule has 3 rings (SSSR count). The molecule has 5 amide bonds.